The lowest BCUT2D eigenvalue weighted by atomic mass is 9.95. The van der Waals surface area contributed by atoms with Crippen molar-refractivity contribution in [3.05, 3.63) is 30.1 Å². The number of hydrogen-bond donors (Lipinski definition) is 2. The molecule has 9 heteroatoms. The summed E-state index contributed by atoms with van der Waals surface area (Å²) in [6.07, 6.45) is -1.18. The lowest BCUT2D eigenvalue weighted by Gasteiger charge is -2.38. The molecule has 2 N–H and O–H groups in total. The smallest absolute Gasteiger partial charge is 0.387 e. The molecular weight excluding hydrogens is 349 g/mol. The topological polar surface area (TPSA) is 78.4 Å². The van der Waals surface area contributed by atoms with Crippen LogP contribution in [0.25, 0.3) is 11.0 Å². The highest BCUT2D eigenvalue weighted by atomic mass is 19.4. The standard InChI is InChI=1S/C17H19F3N4O2/c1-10-6-11(23-14(26)9-25)8-24(7-10)13-3-2-12(17(18,19)20)15-16(13)22-5-4-21-15/h2-5,10-11,25H,6-9H2,1H3,(H,23,26)/t10-,11-/m1/s1. The van der Waals surface area contributed by atoms with Gasteiger partial charge in [-0.3, -0.25) is 14.8 Å². The Labute approximate surface area is 148 Å². The highest BCUT2D eigenvalue weighted by Crippen LogP contribution is 2.37. The lowest BCUT2D eigenvalue weighted by molar-refractivity contribution is -0.136. The zero-order valence-corrected chi connectivity index (χ0v) is 14.1. The molecule has 1 aliphatic rings. The van der Waals surface area contributed by atoms with E-state index in [0.717, 1.165) is 12.5 Å². The Hall–Kier alpha value is -2.42. The number of amides is 1. The summed E-state index contributed by atoms with van der Waals surface area (Å²) in [7, 11) is 0. The minimum absolute atomic E-state index is 0.184. The fourth-order valence-electron chi connectivity index (χ4n) is 3.45. The van der Waals surface area contributed by atoms with Crippen LogP contribution in [0.1, 0.15) is 18.9 Å². The first-order valence-electron chi connectivity index (χ1n) is 8.25. The van der Waals surface area contributed by atoms with Gasteiger partial charge in [-0.15, -0.1) is 0 Å². The molecule has 1 aromatic carbocycles. The predicted octanol–water partition coefficient (Wildman–Crippen LogP) is 1.97. The van der Waals surface area contributed by atoms with Crippen LogP contribution in [0.2, 0.25) is 0 Å². The SMILES string of the molecule is C[C@@H]1C[C@@H](NC(=O)CO)CN(c2ccc(C(F)(F)F)c3nccnc23)C1. The number of rotatable bonds is 3. The van der Waals surface area contributed by atoms with Crippen LogP contribution in [0.3, 0.4) is 0 Å². The van der Waals surface area contributed by atoms with Gasteiger partial charge in [-0.1, -0.05) is 6.92 Å². The van der Waals surface area contributed by atoms with Gasteiger partial charge in [0.1, 0.15) is 17.6 Å². The van der Waals surface area contributed by atoms with Crippen LogP contribution < -0.4 is 10.2 Å². The minimum atomic E-state index is -4.51. The Balaban J connectivity index is 1.98. The van der Waals surface area contributed by atoms with Gasteiger partial charge in [0.15, 0.2) is 0 Å². The number of nitrogens with zero attached hydrogens (tertiary/aromatic N) is 3. The summed E-state index contributed by atoms with van der Waals surface area (Å²) in [5.41, 5.74) is -0.272. The third kappa shape index (κ3) is 3.72. The molecule has 6 nitrogen and oxygen atoms in total. The summed E-state index contributed by atoms with van der Waals surface area (Å²) in [5.74, 6) is -0.261. The fraction of sp³-hybridized carbons (Fsp3) is 0.471. The summed E-state index contributed by atoms with van der Waals surface area (Å²) in [6.45, 7) is 2.46. The molecule has 1 aromatic heterocycles. The van der Waals surface area contributed by atoms with Crippen LogP contribution in [0, 0.1) is 5.92 Å². The molecule has 2 atom stereocenters. The van der Waals surface area contributed by atoms with Gasteiger partial charge < -0.3 is 15.3 Å². The molecule has 2 heterocycles. The zero-order chi connectivity index (χ0) is 18.9. The van der Waals surface area contributed by atoms with Crippen molar-refractivity contribution in [3.63, 3.8) is 0 Å². The van der Waals surface area contributed by atoms with Gasteiger partial charge in [-0.05, 0) is 24.5 Å². The van der Waals surface area contributed by atoms with E-state index in [1.54, 1.807) is 0 Å². The van der Waals surface area contributed by atoms with Crippen molar-refractivity contribution in [1.82, 2.24) is 15.3 Å². The number of alkyl halides is 3. The molecule has 1 fully saturated rings. The molecule has 1 saturated heterocycles. The second kappa shape index (κ2) is 7.06. The number of aromatic nitrogens is 2. The van der Waals surface area contributed by atoms with Gasteiger partial charge in [-0.2, -0.15) is 13.2 Å². The summed E-state index contributed by atoms with van der Waals surface area (Å²) in [4.78, 5) is 21.4. The lowest BCUT2D eigenvalue weighted by Crippen LogP contribution is -2.51. The Kier molecular flexibility index (Phi) is 4.99. The number of piperidine rings is 1. The number of aliphatic hydroxyl groups excluding tert-OH is 1. The van der Waals surface area contributed by atoms with Crippen LogP contribution in [0.15, 0.2) is 24.5 Å². The van der Waals surface area contributed by atoms with E-state index in [1.807, 2.05) is 11.8 Å². The molecule has 0 bridgehead atoms. The van der Waals surface area contributed by atoms with E-state index in [-0.39, 0.29) is 23.0 Å². The van der Waals surface area contributed by atoms with Crippen molar-refractivity contribution in [2.75, 3.05) is 24.6 Å². The first kappa shape index (κ1) is 18.4. The molecular formula is C17H19F3N4O2. The number of benzene rings is 1. The van der Waals surface area contributed by atoms with Crippen LogP contribution in [-0.2, 0) is 11.0 Å². The highest BCUT2D eigenvalue weighted by Gasteiger charge is 2.35. The number of halogens is 3. The van der Waals surface area contributed by atoms with Gasteiger partial charge in [0.05, 0.1) is 11.3 Å². The van der Waals surface area contributed by atoms with E-state index in [4.69, 9.17) is 5.11 Å². The first-order chi connectivity index (χ1) is 12.3. The molecule has 3 rings (SSSR count). The molecule has 0 unspecified atom stereocenters. The number of anilines is 1. The van der Waals surface area contributed by atoms with Crippen molar-refractivity contribution < 1.29 is 23.1 Å². The molecule has 26 heavy (non-hydrogen) atoms. The summed E-state index contributed by atoms with van der Waals surface area (Å²) in [6, 6.07) is 2.22. The Bertz CT molecular complexity index is 812. The van der Waals surface area contributed by atoms with Gasteiger partial charge >= 0.3 is 6.18 Å². The van der Waals surface area contributed by atoms with Gasteiger partial charge in [-0.25, -0.2) is 0 Å². The number of carbonyl (C=O) groups excluding carboxylic acids is 1. The van der Waals surface area contributed by atoms with Crippen molar-refractivity contribution in [1.29, 1.82) is 0 Å². The summed E-state index contributed by atoms with van der Waals surface area (Å²) >= 11 is 0. The second-order valence-electron chi connectivity index (χ2n) is 6.55. The van der Waals surface area contributed by atoms with Crippen LogP contribution in [0.5, 0.6) is 0 Å². The fourth-order valence-corrected chi connectivity index (χ4v) is 3.45. The molecule has 0 spiro atoms. The average molecular weight is 368 g/mol. The van der Waals surface area contributed by atoms with Crippen molar-refractivity contribution >= 4 is 22.6 Å². The van der Waals surface area contributed by atoms with E-state index >= 15 is 0 Å². The number of fused-ring (bicyclic) bond motifs is 1. The van der Waals surface area contributed by atoms with Crippen molar-refractivity contribution in [3.8, 4) is 0 Å². The Morgan fingerprint density at radius 1 is 1.27 bits per heavy atom. The number of hydrogen-bond acceptors (Lipinski definition) is 5. The van der Waals surface area contributed by atoms with Crippen LogP contribution in [-0.4, -0.2) is 46.7 Å². The number of nitrogens with one attached hydrogen (secondary N) is 1. The van der Waals surface area contributed by atoms with Gasteiger partial charge in [0.25, 0.3) is 0 Å². The largest absolute Gasteiger partial charge is 0.418 e. The van der Waals surface area contributed by atoms with Crippen LogP contribution >= 0.6 is 0 Å². The normalized spacial score (nSPS) is 21.0. The molecule has 140 valence electrons. The van der Waals surface area contributed by atoms with E-state index in [9.17, 15) is 18.0 Å². The van der Waals surface area contributed by atoms with E-state index in [1.165, 1.54) is 18.5 Å². The number of carbonyl (C=O) groups is 1. The third-order valence-electron chi connectivity index (χ3n) is 4.42. The molecule has 1 aliphatic heterocycles. The second-order valence-corrected chi connectivity index (χ2v) is 6.55. The maximum Gasteiger partial charge on any atom is 0.418 e. The average Bonchev–Trinajstić information content (AvgIpc) is 2.59. The highest BCUT2D eigenvalue weighted by molar-refractivity contribution is 5.91. The maximum atomic E-state index is 13.2. The molecule has 0 aliphatic carbocycles. The third-order valence-corrected chi connectivity index (χ3v) is 4.42. The Morgan fingerprint density at radius 2 is 1.96 bits per heavy atom. The maximum absolute atomic E-state index is 13.2. The Morgan fingerprint density at radius 3 is 2.62 bits per heavy atom. The monoisotopic (exact) mass is 368 g/mol. The number of aliphatic hydroxyl groups is 1. The summed E-state index contributed by atoms with van der Waals surface area (Å²) < 4.78 is 39.7. The van der Waals surface area contributed by atoms with Gasteiger partial charge in [0.2, 0.25) is 5.91 Å². The first-order valence-corrected chi connectivity index (χ1v) is 8.25. The quantitative estimate of drug-likeness (QED) is 0.866. The molecule has 0 saturated carbocycles. The molecule has 1 amide bonds. The molecule has 0 radical (unpaired) electrons. The minimum Gasteiger partial charge on any atom is -0.387 e. The molecule has 2 aromatic rings. The van der Waals surface area contributed by atoms with Gasteiger partial charge in [0, 0.05) is 31.5 Å². The van der Waals surface area contributed by atoms with Crippen LogP contribution in [0.4, 0.5) is 18.9 Å². The summed E-state index contributed by atoms with van der Waals surface area (Å²) in [5, 5.41) is 11.6. The zero-order valence-electron chi connectivity index (χ0n) is 14.1. The van der Waals surface area contributed by atoms with E-state index < -0.39 is 24.3 Å². The predicted molar refractivity (Wildman–Crippen MR) is 89.6 cm³/mol. The van der Waals surface area contributed by atoms with E-state index in [0.29, 0.717) is 18.8 Å². The van der Waals surface area contributed by atoms with Crippen molar-refractivity contribution in [2.45, 2.75) is 25.6 Å². The van der Waals surface area contributed by atoms with E-state index in [2.05, 4.69) is 15.3 Å². The van der Waals surface area contributed by atoms with Crippen molar-refractivity contribution in [2.24, 2.45) is 5.92 Å².